The van der Waals surface area contributed by atoms with Gasteiger partial charge >= 0.3 is 0 Å². The van der Waals surface area contributed by atoms with Crippen LogP contribution in [-0.2, 0) is 16.0 Å². The maximum atomic E-state index is 11.3. The minimum atomic E-state index is -1.60. The highest BCUT2D eigenvalue weighted by atomic mass is 35.5. The van der Waals surface area contributed by atoms with E-state index in [-0.39, 0.29) is 6.29 Å². The van der Waals surface area contributed by atoms with Gasteiger partial charge in [0.25, 0.3) is 5.91 Å². The summed E-state index contributed by atoms with van der Waals surface area (Å²) >= 11 is 9.21. The van der Waals surface area contributed by atoms with Crippen LogP contribution in [0.4, 0.5) is 0 Å². The van der Waals surface area contributed by atoms with E-state index in [0.717, 1.165) is 30.8 Å². The molecule has 1 aromatic heterocycles. The Morgan fingerprint density at radius 2 is 1.90 bits per heavy atom. The van der Waals surface area contributed by atoms with Crippen LogP contribution in [0.1, 0.15) is 52.3 Å². The van der Waals surface area contributed by atoms with Gasteiger partial charge in [-0.3, -0.25) is 4.79 Å². The van der Waals surface area contributed by atoms with Gasteiger partial charge in [0.2, 0.25) is 0 Å². The number of aliphatic hydroxyl groups is 2. The molecule has 0 radical (unpaired) electrons. The fraction of sp³-hybridized carbons (Fsp3) is 0.467. The number of likely N-dealkylation sites (tertiary alicyclic amines) is 1. The Kier molecular flexibility index (Phi) is 26.4. The number of halogens is 1. The van der Waals surface area contributed by atoms with Crippen LogP contribution in [0.5, 0.6) is 0 Å². The van der Waals surface area contributed by atoms with Crippen LogP contribution in [0.15, 0.2) is 75.4 Å². The fourth-order valence-electron chi connectivity index (χ4n) is 2.89. The SMILES string of the molecule is C/C=C(/CNC)S/C=C(\C)Cc1cccs1.C=C/C=C\C(Cl)=C/C.CC.O=CC(O)C(O)C(=O)N1CCCC1. The van der Waals surface area contributed by atoms with Crippen molar-refractivity contribution in [2.45, 2.75) is 66.1 Å². The van der Waals surface area contributed by atoms with E-state index < -0.39 is 18.1 Å². The molecule has 2 unspecified atom stereocenters. The first kappa shape index (κ1) is 39.2. The molecular weight excluding hydrogens is 552 g/mol. The van der Waals surface area contributed by atoms with E-state index in [0.29, 0.717) is 13.1 Å². The first-order chi connectivity index (χ1) is 18.7. The lowest BCUT2D eigenvalue weighted by Crippen LogP contribution is -2.44. The largest absolute Gasteiger partial charge is 0.382 e. The third-order valence-corrected chi connectivity index (χ3v) is 7.34. The second kappa shape index (κ2) is 26.3. The van der Waals surface area contributed by atoms with E-state index in [9.17, 15) is 14.7 Å². The van der Waals surface area contributed by atoms with E-state index in [1.807, 2.05) is 57.0 Å². The molecule has 0 aliphatic carbocycles. The van der Waals surface area contributed by atoms with E-state index >= 15 is 0 Å². The Labute approximate surface area is 249 Å². The Morgan fingerprint density at radius 3 is 2.36 bits per heavy atom. The predicted molar refractivity (Wildman–Crippen MR) is 171 cm³/mol. The molecule has 2 heterocycles. The Morgan fingerprint density at radius 1 is 1.26 bits per heavy atom. The molecule has 0 spiro atoms. The molecule has 9 heteroatoms. The summed E-state index contributed by atoms with van der Waals surface area (Å²) in [6.07, 6.45) is 9.11. The van der Waals surface area contributed by atoms with Crippen molar-refractivity contribution in [3.8, 4) is 0 Å². The fourth-order valence-corrected chi connectivity index (χ4v) is 4.57. The van der Waals surface area contributed by atoms with Crippen molar-refractivity contribution in [3.63, 3.8) is 0 Å². The van der Waals surface area contributed by atoms with Gasteiger partial charge in [0.05, 0.1) is 0 Å². The number of amides is 1. The number of rotatable bonds is 11. The molecule has 2 atom stereocenters. The van der Waals surface area contributed by atoms with Gasteiger partial charge in [-0.15, -0.1) is 23.1 Å². The molecule has 1 fully saturated rings. The smallest absolute Gasteiger partial charge is 0.254 e. The van der Waals surface area contributed by atoms with E-state index in [2.05, 4.69) is 54.7 Å². The number of aliphatic hydroxyl groups excluding tert-OH is 2. The third-order valence-electron chi connectivity index (χ3n) is 4.92. The summed E-state index contributed by atoms with van der Waals surface area (Å²) in [5, 5.41) is 26.4. The average Bonchev–Trinajstić information content (AvgIpc) is 3.69. The molecule has 1 amide bonds. The zero-order chi connectivity index (χ0) is 30.1. The molecule has 220 valence electrons. The number of hydrogen-bond donors (Lipinski definition) is 3. The lowest BCUT2D eigenvalue weighted by atomic mass is 10.2. The molecule has 39 heavy (non-hydrogen) atoms. The average molecular weight is 599 g/mol. The van der Waals surface area contributed by atoms with Gasteiger partial charge < -0.3 is 25.2 Å². The minimum Gasteiger partial charge on any atom is -0.382 e. The van der Waals surface area contributed by atoms with Crippen LogP contribution in [0.3, 0.4) is 0 Å². The monoisotopic (exact) mass is 598 g/mol. The van der Waals surface area contributed by atoms with Crippen molar-refractivity contribution >= 4 is 46.9 Å². The highest BCUT2D eigenvalue weighted by Gasteiger charge is 2.29. The van der Waals surface area contributed by atoms with Crippen LogP contribution < -0.4 is 5.32 Å². The predicted octanol–water partition coefficient (Wildman–Crippen LogP) is 6.48. The molecule has 2 rings (SSSR count). The summed E-state index contributed by atoms with van der Waals surface area (Å²) in [4.78, 5) is 25.6. The standard InChI is InChI=1S/C13H19NS2.C8H13NO4.C7H9Cl.C2H6/c1-4-12(9-14-3)16-10-11(2)8-13-6-5-7-15-13;10-5-6(11)7(12)8(13)9-3-1-2-4-9;1-3-5-6-7(8)4-2;1-2/h4-7,10,14H,8-9H2,1-3H3;5-7,11-12H,1-4H2;3-6H,1H2,2H3;1-2H3/b11-10+,12-4-;;6-5-,7-4+;. The number of allylic oxidation sites excluding steroid dienone is 7. The summed E-state index contributed by atoms with van der Waals surface area (Å²) < 4.78 is 0. The van der Waals surface area contributed by atoms with Crippen molar-refractivity contribution in [3.05, 3.63) is 80.3 Å². The van der Waals surface area contributed by atoms with Gasteiger partial charge in [-0.1, -0.05) is 68.0 Å². The molecule has 0 saturated carbocycles. The Bertz CT molecular complexity index is 906. The molecule has 3 N–H and O–H groups in total. The lowest BCUT2D eigenvalue weighted by molar-refractivity contribution is -0.147. The number of aldehydes is 1. The van der Waals surface area contributed by atoms with Gasteiger partial charge in [-0.25, -0.2) is 0 Å². The number of nitrogens with one attached hydrogen (secondary N) is 1. The zero-order valence-electron chi connectivity index (χ0n) is 24.2. The minimum absolute atomic E-state index is 0.165. The molecular formula is C30H47ClN2O4S2. The van der Waals surface area contributed by atoms with Gasteiger partial charge in [0.15, 0.2) is 12.4 Å². The molecule has 6 nitrogen and oxygen atoms in total. The molecule has 0 bridgehead atoms. The normalized spacial score (nSPS) is 15.2. The van der Waals surface area contributed by atoms with Gasteiger partial charge in [0.1, 0.15) is 6.10 Å². The lowest BCUT2D eigenvalue weighted by Gasteiger charge is -2.20. The van der Waals surface area contributed by atoms with Crippen molar-refractivity contribution < 1.29 is 19.8 Å². The highest BCUT2D eigenvalue weighted by Crippen LogP contribution is 2.21. The number of carbonyl (C=O) groups is 2. The van der Waals surface area contributed by atoms with E-state index in [1.165, 1.54) is 20.3 Å². The van der Waals surface area contributed by atoms with Gasteiger partial charge in [0, 0.05) is 36.0 Å². The van der Waals surface area contributed by atoms with Crippen LogP contribution >= 0.6 is 34.7 Å². The maximum absolute atomic E-state index is 11.3. The van der Waals surface area contributed by atoms with Crippen LogP contribution in [0, 0.1) is 0 Å². The number of thioether (sulfide) groups is 1. The summed E-state index contributed by atoms with van der Waals surface area (Å²) in [5.41, 5.74) is 1.42. The van der Waals surface area contributed by atoms with Crippen LogP contribution in [0.2, 0.25) is 0 Å². The molecule has 0 aromatic carbocycles. The summed E-state index contributed by atoms with van der Waals surface area (Å²) in [6, 6.07) is 4.30. The van der Waals surface area contributed by atoms with Crippen molar-refractivity contribution in [2.24, 2.45) is 0 Å². The van der Waals surface area contributed by atoms with Crippen LogP contribution in [0.25, 0.3) is 0 Å². The number of nitrogens with zero attached hydrogens (tertiary/aromatic N) is 1. The van der Waals surface area contributed by atoms with E-state index in [4.69, 9.17) is 16.7 Å². The second-order valence-electron chi connectivity index (χ2n) is 8.00. The molecule has 1 aliphatic heterocycles. The third kappa shape index (κ3) is 19.7. The maximum Gasteiger partial charge on any atom is 0.254 e. The quantitative estimate of drug-likeness (QED) is 0.200. The van der Waals surface area contributed by atoms with Crippen molar-refractivity contribution in [1.29, 1.82) is 0 Å². The summed E-state index contributed by atoms with van der Waals surface area (Å²) in [5.74, 6) is -0.558. The molecule has 1 aliphatic rings. The molecule has 1 aromatic rings. The van der Waals surface area contributed by atoms with Crippen molar-refractivity contribution in [2.75, 3.05) is 26.7 Å². The first-order valence-electron chi connectivity index (χ1n) is 13.1. The summed E-state index contributed by atoms with van der Waals surface area (Å²) in [7, 11) is 1.98. The van der Waals surface area contributed by atoms with Crippen LogP contribution in [-0.4, -0.2) is 66.2 Å². The van der Waals surface area contributed by atoms with Gasteiger partial charge in [-0.05, 0) is 68.5 Å². The number of thiophene rings is 1. The topological polar surface area (TPSA) is 89.9 Å². The highest BCUT2D eigenvalue weighted by molar-refractivity contribution is 8.05. The number of hydrogen-bond acceptors (Lipinski definition) is 7. The summed E-state index contributed by atoms with van der Waals surface area (Å²) in [6.45, 7) is 15.8. The van der Waals surface area contributed by atoms with Gasteiger partial charge in [-0.2, -0.15) is 0 Å². The van der Waals surface area contributed by atoms with E-state index in [1.54, 1.807) is 18.2 Å². The number of carbonyl (C=O) groups excluding carboxylic acids is 2. The molecule has 1 saturated heterocycles. The second-order valence-corrected chi connectivity index (χ2v) is 10.5. The van der Waals surface area contributed by atoms with Crippen molar-refractivity contribution in [1.82, 2.24) is 10.2 Å². The zero-order valence-corrected chi connectivity index (χ0v) is 26.6. The first-order valence-corrected chi connectivity index (χ1v) is 15.2. The Hall–Kier alpha value is -1.94. The Balaban J connectivity index is 0. The number of likely N-dealkylation sites (N-methyl/N-ethyl adjacent to an activating group) is 1.